The van der Waals surface area contributed by atoms with Crippen LogP contribution in [0.25, 0.3) is 0 Å². The van der Waals surface area contributed by atoms with Crippen molar-refractivity contribution in [1.82, 2.24) is 4.98 Å². The number of rotatable bonds is 10. The number of hydrogen-bond acceptors (Lipinski definition) is 6. The van der Waals surface area contributed by atoms with Crippen LogP contribution in [0, 0.1) is 0 Å². The third-order valence-electron chi connectivity index (χ3n) is 5.12. The number of carbonyl (C=O) groups excluding carboxylic acids is 2. The summed E-state index contributed by atoms with van der Waals surface area (Å²) in [6.07, 6.45) is 3.17. The van der Waals surface area contributed by atoms with Crippen molar-refractivity contribution in [2.45, 2.75) is 6.04 Å². The van der Waals surface area contributed by atoms with Crippen molar-refractivity contribution >= 4 is 30.0 Å². The van der Waals surface area contributed by atoms with Gasteiger partial charge in [-0.2, -0.15) is 0 Å². The molecule has 8 nitrogen and oxygen atoms in total. The molecule has 166 valence electrons. The number of methoxy groups -OCH3 is 2. The van der Waals surface area contributed by atoms with Crippen molar-refractivity contribution in [3.8, 4) is 11.5 Å². The van der Waals surface area contributed by atoms with Crippen LogP contribution in [0.2, 0.25) is 0 Å². The molecule has 0 spiro atoms. The summed E-state index contributed by atoms with van der Waals surface area (Å²) >= 11 is 0. The van der Waals surface area contributed by atoms with Gasteiger partial charge in [-0.3, -0.25) is 9.59 Å². The van der Waals surface area contributed by atoms with Crippen molar-refractivity contribution in [2.75, 3.05) is 43.4 Å². The Kier molecular flexibility index (Phi) is 7.28. The van der Waals surface area contributed by atoms with Gasteiger partial charge in [0, 0.05) is 42.8 Å². The second kappa shape index (κ2) is 10.3. The van der Waals surface area contributed by atoms with Gasteiger partial charge in [-0.25, -0.2) is 4.98 Å². The Hall–Kier alpha value is -4.07. The Morgan fingerprint density at radius 1 is 0.844 bits per heavy atom. The van der Waals surface area contributed by atoms with E-state index in [1.165, 1.54) is 9.80 Å². The van der Waals surface area contributed by atoms with Gasteiger partial charge >= 0.3 is 0 Å². The van der Waals surface area contributed by atoms with Crippen LogP contribution in [0.4, 0.5) is 17.2 Å². The lowest BCUT2D eigenvalue weighted by Gasteiger charge is -2.29. The predicted octanol–water partition coefficient (Wildman–Crippen LogP) is 3.49. The number of anilines is 3. The highest BCUT2D eigenvalue weighted by Gasteiger charge is 2.25. The summed E-state index contributed by atoms with van der Waals surface area (Å²) in [5.41, 5.74) is 2.88. The molecule has 0 atom stereocenters. The average Bonchev–Trinajstić information content (AvgIpc) is 2.86. The van der Waals surface area contributed by atoms with E-state index in [0.29, 0.717) is 28.7 Å². The fourth-order valence-electron chi connectivity index (χ4n) is 3.46. The van der Waals surface area contributed by atoms with E-state index >= 15 is 0 Å². The van der Waals surface area contributed by atoms with Crippen LogP contribution in [-0.2, 0) is 9.59 Å². The Bertz CT molecular complexity index is 1010. The highest BCUT2D eigenvalue weighted by atomic mass is 16.5. The van der Waals surface area contributed by atoms with E-state index in [-0.39, 0.29) is 0 Å². The molecule has 2 aromatic carbocycles. The molecule has 3 aromatic rings. The quantitative estimate of drug-likeness (QED) is 0.492. The zero-order valence-electron chi connectivity index (χ0n) is 18.5. The average molecular weight is 434 g/mol. The number of pyridine rings is 1. The van der Waals surface area contributed by atoms with Gasteiger partial charge < -0.3 is 24.6 Å². The van der Waals surface area contributed by atoms with Crippen LogP contribution in [0.15, 0.2) is 60.8 Å². The van der Waals surface area contributed by atoms with E-state index in [1.54, 1.807) is 46.6 Å². The zero-order valence-corrected chi connectivity index (χ0v) is 18.5. The van der Waals surface area contributed by atoms with Crippen molar-refractivity contribution in [1.29, 1.82) is 0 Å². The molecule has 1 aromatic heterocycles. The number of amides is 2. The number of benzene rings is 2. The maximum Gasteiger partial charge on any atom is 0.213 e. The van der Waals surface area contributed by atoms with Crippen LogP contribution in [-0.4, -0.2) is 46.1 Å². The summed E-state index contributed by atoms with van der Waals surface area (Å²) in [4.78, 5) is 30.7. The van der Waals surface area contributed by atoms with Gasteiger partial charge in [0.25, 0.3) is 0 Å². The van der Waals surface area contributed by atoms with E-state index in [2.05, 4.69) is 10.3 Å². The van der Waals surface area contributed by atoms with E-state index in [1.807, 2.05) is 42.5 Å². The molecule has 32 heavy (non-hydrogen) atoms. The Morgan fingerprint density at radius 2 is 1.38 bits per heavy atom. The molecule has 0 saturated carbocycles. The summed E-state index contributed by atoms with van der Waals surface area (Å²) in [5.74, 6) is 1.88. The molecule has 0 aliphatic heterocycles. The number of aromatic nitrogens is 1. The van der Waals surface area contributed by atoms with Crippen molar-refractivity contribution < 1.29 is 19.1 Å². The number of nitrogens with zero attached hydrogens (tertiary/aromatic N) is 3. The summed E-state index contributed by atoms with van der Waals surface area (Å²) in [6, 6.07) is 16.0. The highest BCUT2D eigenvalue weighted by Crippen LogP contribution is 2.40. The van der Waals surface area contributed by atoms with Crippen LogP contribution >= 0.6 is 0 Å². The van der Waals surface area contributed by atoms with Gasteiger partial charge in [-0.05, 0) is 48.5 Å². The van der Waals surface area contributed by atoms with E-state index in [9.17, 15) is 9.59 Å². The van der Waals surface area contributed by atoms with Crippen molar-refractivity contribution in [2.24, 2.45) is 0 Å². The lowest BCUT2D eigenvalue weighted by Crippen LogP contribution is -2.23. The third-order valence-corrected chi connectivity index (χ3v) is 5.12. The zero-order chi connectivity index (χ0) is 23.1. The van der Waals surface area contributed by atoms with Gasteiger partial charge in [0.2, 0.25) is 12.8 Å². The molecular weight excluding hydrogens is 408 g/mol. The summed E-state index contributed by atoms with van der Waals surface area (Å²) in [5, 5.41) is 3.45. The Balaban J connectivity index is 2.30. The number of hydrogen-bond donors (Lipinski definition) is 1. The minimum Gasteiger partial charge on any atom is -0.497 e. The standard InChI is InChI=1S/C24H26N4O4/c1-27(15-29)21-10-8-17(31-3)13-19(21)24(26-23-7-5-6-12-25-23)20-14-18(32-4)9-11-22(20)28(2)16-30/h5-16,24H,1-4H3,(H,25,26). The smallest absolute Gasteiger partial charge is 0.213 e. The molecule has 0 unspecified atom stereocenters. The van der Waals surface area contributed by atoms with Gasteiger partial charge in [0.05, 0.1) is 20.3 Å². The van der Waals surface area contributed by atoms with Crippen LogP contribution in [0.3, 0.4) is 0 Å². The molecular formula is C24H26N4O4. The molecule has 0 saturated heterocycles. The molecule has 0 bridgehead atoms. The van der Waals surface area contributed by atoms with E-state index in [0.717, 1.165) is 23.9 Å². The SMILES string of the molecule is COc1ccc(N(C)C=O)c(C(Nc2ccccn2)c2cc(OC)ccc2N(C)C=O)c1. The molecule has 0 aliphatic carbocycles. The number of carbonyl (C=O) groups is 2. The molecule has 1 N–H and O–H groups in total. The largest absolute Gasteiger partial charge is 0.497 e. The summed E-state index contributed by atoms with van der Waals surface area (Å²) in [7, 11) is 6.53. The van der Waals surface area contributed by atoms with E-state index in [4.69, 9.17) is 9.47 Å². The molecule has 0 fully saturated rings. The van der Waals surface area contributed by atoms with Gasteiger partial charge in [-0.15, -0.1) is 0 Å². The normalized spacial score (nSPS) is 10.4. The van der Waals surface area contributed by atoms with E-state index < -0.39 is 6.04 Å². The minimum atomic E-state index is -0.495. The van der Waals surface area contributed by atoms with Gasteiger partial charge in [0.1, 0.15) is 17.3 Å². The molecule has 2 amide bonds. The molecule has 8 heteroatoms. The Labute approximate surface area is 187 Å². The molecule has 0 radical (unpaired) electrons. The lowest BCUT2D eigenvalue weighted by atomic mass is 9.94. The van der Waals surface area contributed by atoms with Crippen molar-refractivity contribution in [3.05, 3.63) is 71.9 Å². The van der Waals surface area contributed by atoms with Crippen LogP contribution in [0.5, 0.6) is 11.5 Å². The topological polar surface area (TPSA) is 84.0 Å². The van der Waals surface area contributed by atoms with Crippen molar-refractivity contribution in [3.63, 3.8) is 0 Å². The predicted molar refractivity (Wildman–Crippen MR) is 125 cm³/mol. The fourth-order valence-corrected chi connectivity index (χ4v) is 3.46. The highest BCUT2D eigenvalue weighted by molar-refractivity contribution is 5.81. The summed E-state index contributed by atoms with van der Waals surface area (Å²) in [6.45, 7) is 0. The lowest BCUT2D eigenvalue weighted by molar-refractivity contribution is -0.107. The third kappa shape index (κ3) is 4.80. The molecule has 0 aliphatic rings. The number of ether oxygens (including phenoxy) is 2. The fraction of sp³-hybridized carbons (Fsp3) is 0.208. The number of nitrogens with one attached hydrogen (secondary N) is 1. The first kappa shape index (κ1) is 22.6. The second-order valence-electron chi connectivity index (χ2n) is 7.07. The maximum atomic E-state index is 11.6. The van der Waals surface area contributed by atoms with Crippen LogP contribution in [0.1, 0.15) is 17.2 Å². The van der Waals surface area contributed by atoms with Gasteiger partial charge in [0.15, 0.2) is 0 Å². The first-order valence-electron chi connectivity index (χ1n) is 9.92. The Morgan fingerprint density at radius 3 is 1.78 bits per heavy atom. The maximum absolute atomic E-state index is 11.6. The molecule has 3 rings (SSSR count). The monoisotopic (exact) mass is 434 g/mol. The van der Waals surface area contributed by atoms with Crippen LogP contribution < -0.4 is 24.6 Å². The summed E-state index contributed by atoms with van der Waals surface area (Å²) < 4.78 is 10.9. The van der Waals surface area contributed by atoms with Gasteiger partial charge in [-0.1, -0.05) is 6.07 Å². The second-order valence-corrected chi connectivity index (χ2v) is 7.07. The molecule has 1 heterocycles. The minimum absolute atomic E-state index is 0.495. The first-order valence-corrected chi connectivity index (χ1v) is 9.92. The first-order chi connectivity index (χ1) is 15.5.